The highest BCUT2D eigenvalue weighted by atomic mass is 35.5. The van der Waals surface area contributed by atoms with Crippen LogP contribution in [-0.4, -0.2) is 38.3 Å². The number of rotatable bonds is 8. The molecule has 0 amide bonds. The van der Waals surface area contributed by atoms with Gasteiger partial charge in [0.15, 0.2) is 0 Å². The first-order chi connectivity index (χ1) is 23.0. The number of benzene rings is 2. The van der Waals surface area contributed by atoms with Gasteiger partial charge in [-0.3, -0.25) is 0 Å². The molecular formula is C39H46Cl2F2O6. The molecule has 49 heavy (non-hydrogen) atoms. The third-order valence-corrected chi connectivity index (χ3v) is 14.2. The molecule has 6 rings (SSSR count). The van der Waals surface area contributed by atoms with Crippen LogP contribution in [0.4, 0.5) is 8.78 Å². The smallest absolute Gasteiger partial charge is 0.339 e. The van der Waals surface area contributed by atoms with Gasteiger partial charge in [0, 0.05) is 12.8 Å². The van der Waals surface area contributed by atoms with Crippen LogP contribution in [0, 0.1) is 46.3 Å². The van der Waals surface area contributed by atoms with Gasteiger partial charge < -0.3 is 20.4 Å². The zero-order valence-electron chi connectivity index (χ0n) is 28.2. The molecule has 1 unspecified atom stereocenters. The molecular weight excluding hydrogens is 673 g/mol. The lowest BCUT2D eigenvalue weighted by Crippen LogP contribution is -2.55. The number of phenols is 2. The molecule has 0 saturated heterocycles. The Balaban J connectivity index is 1.25. The fourth-order valence-corrected chi connectivity index (χ4v) is 11.5. The standard InChI is InChI=1S/C39H46Cl2F2O6/c1-20(28-9-10-29-25-8-7-23-19-39(42,43)14-13-37(23,2)30(25)11-12-38(28,29)3)5-4-6-24(21-15-26(35(46)47)33(44)31(40)17-21)22-16-27(36(48)49)34(45)32(41)18-22/h6,15-18,20,23,25,28-30,44-45H,4-5,7-14,19H2,1-3H3,(H,46,47)(H,48,49)/t20-,23-,25?,28-,29+,30+,37+,38-/m1/s1. The number of carboxylic acids is 2. The fourth-order valence-electron chi connectivity index (χ4n) is 11.1. The van der Waals surface area contributed by atoms with Crippen LogP contribution in [0.2, 0.25) is 10.0 Å². The predicted octanol–water partition coefficient (Wildman–Crippen LogP) is 10.9. The summed E-state index contributed by atoms with van der Waals surface area (Å²) in [6.45, 7) is 7.07. The molecule has 266 valence electrons. The maximum Gasteiger partial charge on any atom is 0.339 e. The Kier molecular flexibility index (Phi) is 9.58. The number of alkyl halides is 2. The molecule has 4 N–H and O–H groups in total. The first-order valence-electron chi connectivity index (χ1n) is 17.6. The van der Waals surface area contributed by atoms with E-state index in [2.05, 4.69) is 20.8 Å². The van der Waals surface area contributed by atoms with Crippen LogP contribution in [0.15, 0.2) is 30.3 Å². The molecule has 4 fully saturated rings. The van der Waals surface area contributed by atoms with Crippen molar-refractivity contribution in [3.63, 3.8) is 0 Å². The van der Waals surface area contributed by atoms with E-state index >= 15 is 0 Å². The summed E-state index contributed by atoms with van der Waals surface area (Å²) in [5.41, 5.74) is 0.609. The lowest BCUT2D eigenvalue weighted by atomic mass is 9.44. The second-order valence-electron chi connectivity index (χ2n) is 15.9. The molecule has 0 spiro atoms. The van der Waals surface area contributed by atoms with Crippen molar-refractivity contribution in [1.29, 1.82) is 0 Å². The molecule has 2 aromatic rings. The monoisotopic (exact) mass is 718 g/mol. The van der Waals surface area contributed by atoms with Crippen molar-refractivity contribution in [1.82, 2.24) is 0 Å². The van der Waals surface area contributed by atoms with Crippen LogP contribution in [0.1, 0.15) is 123 Å². The lowest BCUT2D eigenvalue weighted by Gasteiger charge is -2.61. The van der Waals surface area contributed by atoms with Crippen LogP contribution >= 0.6 is 23.2 Å². The molecule has 0 bridgehead atoms. The Labute approximate surface area is 296 Å². The number of halogens is 4. The van der Waals surface area contributed by atoms with E-state index in [1.807, 2.05) is 6.08 Å². The van der Waals surface area contributed by atoms with Crippen molar-refractivity contribution in [2.75, 3.05) is 0 Å². The molecule has 2 aromatic carbocycles. The molecule has 8 atom stereocenters. The van der Waals surface area contributed by atoms with Crippen molar-refractivity contribution in [2.24, 2.45) is 46.3 Å². The highest BCUT2D eigenvalue weighted by Gasteiger charge is 2.62. The van der Waals surface area contributed by atoms with Gasteiger partial charge in [0.25, 0.3) is 0 Å². The van der Waals surface area contributed by atoms with Crippen molar-refractivity contribution in [2.45, 2.75) is 97.3 Å². The number of hydrogen-bond acceptors (Lipinski definition) is 4. The predicted molar refractivity (Wildman–Crippen MR) is 186 cm³/mol. The van der Waals surface area contributed by atoms with Crippen LogP contribution in [0.3, 0.4) is 0 Å². The number of allylic oxidation sites excluding steroid dienone is 1. The maximum absolute atomic E-state index is 14.4. The Morgan fingerprint density at radius 2 is 1.41 bits per heavy atom. The van der Waals surface area contributed by atoms with Crippen LogP contribution < -0.4 is 0 Å². The summed E-state index contributed by atoms with van der Waals surface area (Å²) in [5, 5.41) is 39.7. The lowest BCUT2D eigenvalue weighted by molar-refractivity contribution is -0.164. The number of carbonyl (C=O) groups is 2. The van der Waals surface area contributed by atoms with Crippen LogP contribution in [0.25, 0.3) is 5.57 Å². The Morgan fingerprint density at radius 1 is 0.837 bits per heavy atom. The van der Waals surface area contributed by atoms with E-state index in [0.717, 1.165) is 38.5 Å². The zero-order chi connectivity index (χ0) is 35.6. The molecule has 10 heteroatoms. The van der Waals surface area contributed by atoms with E-state index in [4.69, 9.17) is 23.2 Å². The minimum atomic E-state index is -2.53. The third-order valence-electron chi connectivity index (χ3n) is 13.6. The summed E-state index contributed by atoms with van der Waals surface area (Å²) in [4.78, 5) is 23.8. The van der Waals surface area contributed by atoms with Gasteiger partial charge in [-0.1, -0.05) is 50.0 Å². The molecule has 0 aromatic heterocycles. The summed E-state index contributed by atoms with van der Waals surface area (Å²) in [6, 6.07) is 5.46. The average Bonchev–Trinajstić information content (AvgIpc) is 3.39. The molecule has 4 saturated carbocycles. The van der Waals surface area contributed by atoms with Gasteiger partial charge >= 0.3 is 11.9 Å². The third kappa shape index (κ3) is 6.34. The van der Waals surface area contributed by atoms with E-state index in [9.17, 15) is 38.8 Å². The Bertz CT molecular complexity index is 1620. The highest BCUT2D eigenvalue weighted by Crippen LogP contribution is 2.69. The van der Waals surface area contributed by atoms with E-state index in [-0.39, 0.29) is 39.6 Å². The normalized spacial score (nSPS) is 32.3. The minimum absolute atomic E-state index is 0.00603. The van der Waals surface area contributed by atoms with Crippen LogP contribution in [-0.2, 0) is 0 Å². The first kappa shape index (κ1) is 36.0. The van der Waals surface area contributed by atoms with Crippen LogP contribution in [0.5, 0.6) is 11.5 Å². The molecule has 0 heterocycles. The Hall–Kier alpha value is -2.84. The summed E-state index contributed by atoms with van der Waals surface area (Å²) in [7, 11) is 0. The van der Waals surface area contributed by atoms with Gasteiger partial charge in [-0.2, -0.15) is 0 Å². The van der Waals surface area contributed by atoms with Crippen molar-refractivity contribution < 1.29 is 38.8 Å². The molecule has 0 aliphatic heterocycles. The number of aromatic hydroxyl groups is 2. The maximum atomic E-state index is 14.4. The summed E-state index contributed by atoms with van der Waals surface area (Å²) in [6.07, 6.45) is 10.5. The van der Waals surface area contributed by atoms with Crippen molar-refractivity contribution in [3.8, 4) is 11.5 Å². The number of carboxylic acid groups (broad SMARTS) is 2. The quantitative estimate of drug-likeness (QED) is 0.216. The van der Waals surface area contributed by atoms with Crippen molar-refractivity contribution >= 4 is 40.7 Å². The average molecular weight is 720 g/mol. The fraction of sp³-hybridized carbons (Fsp3) is 0.590. The SMILES string of the molecule is C[C@H](CCC=C(c1cc(Cl)c(O)c(C(=O)O)c1)c1cc(Cl)c(O)c(C(=O)O)c1)[C@H]1CC[C@H]2C3CC[C@@H]4CC(F)(F)CC[C@]4(C)[C@H]3CC[C@]12C. The summed E-state index contributed by atoms with van der Waals surface area (Å²) in [5.74, 6) is -3.73. The second kappa shape index (κ2) is 13.0. The minimum Gasteiger partial charge on any atom is -0.505 e. The molecule has 6 nitrogen and oxygen atoms in total. The van der Waals surface area contributed by atoms with E-state index in [0.29, 0.717) is 59.1 Å². The number of fused-ring (bicyclic) bond motifs is 5. The zero-order valence-corrected chi connectivity index (χ0v) is 29.8. The van der Waals surface area contributed by atoms with Gasteiger partial charge in [0.05, 0.1) is 10.0 Å². The van der Waals surface area contributed by atoms with E-state index < -0.39 is 40.5 Å². The van der Waals surface area contributed by atoms with Gasteiger partial charge in [-0.15, -0.1) is 0 Å². The number of aromatic carboxylic acids is 2. The Morgan fingerprint density at radius 3 is 1.98 bits per heavy atom. The molecule has 4 aliphatic rings. The topological polar surface area (TPSA) is 115 Å². The van der Waals surface area contributed by atoms with Gasteiger partial charge in [0.1, 0.15) is 22.6 Å². The van der Waals surface area contributed by atoms with Gasteiger partial charge in [-0.25, -0.2) is 18.4 Å². The second-order valence-corrected chi connectivity index (χ2v) is 16.8. The summed E-state index contributed by atoms with van der Waals surface area (Å²) >= 11 is 12.5. The largest absolute Gasteiger partial charge is 0.505 e. The van der Waals surface area contributed by atoms with E-state index in [1.165, 1.54) is 30.7 Å². The molecule has 0 radical (unpaired) electrons. The summed E-state index contributed by atoms with van der Waals surface area (Å²) < 4.78 is 28.8. The number of hydrogen-bond donors (Lipinski definition) is 4. The van der Waals surface area contributed by atoms with Gasteiger partial charge in [-0.05, 0) is 145 Å². The first-order valence-corrected chi connectivity index (χ1v) is 18.3. The van der Waals surface area contributed by atoms with Crippen molar-refractivity contribution in [3.05, 3.63) is 62.6 Å². The van der Waals surface area contributed by atoms with Gasteiger partial charge in [0.2, 0.25) is 5.92 Å². The molecule has 4 aliphatic carbocycles. The van der Waals surface area contributed by atoms with E-state index in [1.54, 1.807) is 0 Å². The highest BCUT2D eigenvalue weighted by molar-refractivity contribution is 6.33.